The van der Waals surface area contributed by atoms with Crippen LogP contribution in [0.4, 0.5) is 11.4 Å². The van der Waals surface area contributed by atoms with Gasteiger partial charge in [-0.25, -0.2) is 0 Å². The lowest BCUT2D eigenvalue weighted by molar-refractivity contribution is -0.384. The van der Waals surface area contributed by atoms with Crippen LogP contribution in [0.25, 0.3) is 0 Å². The average Bonchev–Trinajstić information content (AvgIpc) is 2.81. The molecule has 102 valence electrons. The van der Waals surface area contributed by atoms with Gasteiger partial charge in [-0.2, -0.15) is 0 Å². The van der Waals surface area contributed by atoms with E-state index in [0.29, 0.717) is 22.7 Å². The van der Waals surface area contributed by atoms with Crippen LogP contribution in [-0.4, -0.2) is 30.6 Å². The van der Waals surface area contributed by atoms with E-state index < -0.39 is 0 Å². The lowest BCUT2D eigenvalue weighted by atomic mass is 9.94. The molecule has 0 radical (unpaired) electrons. The van der Waals surface area contributed by atoms with E-state index in [1.807, 2.05) is 0 Å². The number of fused-ring (bicyclic) bond motifs is 1. The van der Waals surface area contributed by atoms with Crippen molar-refractivity contribution in [2.75, 3.05) is 24.5 Å². The summed E-state index contributed by atoms with van der Waals surface area (Å²) >= 11 is 6.18. The third-order valence-corrected chi connectivity index (χ3v) is 4.38. The van der Waals surface area contributed by atoms with Crippen LogP contribution in [0.1, 0.15) is 12.8 Å². The van der Waals surface area contributed by atoms with Crippen molar-refractivity contribution in [1.29, 1.82) is 0 Å². The summed E-state index contributed by atoms with van der Waals surface area (Å²) in [4.78, 5) is 12.9. The molecule has 6 heteroatoms. The van der Waals surface area contributed by atoms with Gasteiger partial charge in [-0.15, -0.1) is 0 Å². The van der Waals surface area contributed by atoms with Gasteiger partial charge in [-0.3, -0.25) is 10.1 Å². The minimum Gasteiger partial charge on any atom is -0.363 e. The Labute approximate surface area is 116 Å². The first-order valence-corrected chi connectivity index (χ1v) is 6.96. The highest BCUT2D eigenvalue weighted by Crippen LogP contribution is 2.39. The molecule has 1 aromatic rings. The number of para-hydroxylation sites is 1. The van der Waals surface area contributed by atoms with Gasteiger partial charge in [0.05, 0.1) is 9.95 Å². The Hall–Kier alpha value is -1.33. The molecule has 2 aliphatic rings. The summed E-state index contributed by atoms with van der Waals surface area (Å²) < 4.78 is 0. The number of piperidine rings is 1. The first-order valence-electron chi connectivity index (χ1n) is 6.58. The fraction of sp³-hybridized carbons (Fsp3) is 0.538. The van der Waals surface area contributed by atoms with Gasteiger partial charge in [-0.1, -0.05) is 17.7 Å². The van der Waals surface area contributed by atoms with E-state index in [4.69, 9.17) is 11.6 Å². The zero-order chi connectivity index (χ0) is 13.4. The van der Waals surface area contributed by atoms with Gasteiger partial charge < -0.3 is 10.2 Å². The molecule has 0 aliphatic carbocycles. The molecule has 2 heterocycles. The quantitative estimate of drug-likeness (QED) is 0.668. The molecule has 2 unspecified atom stereocenters. The molecule has 1 aromatic carbocycles. The maximum Gasteiger partial charge on any atom is 0.294 e. The number of nitro benzene ring substituents is 1. The summed E-state index contributed by atoms with van der Waals surface area (Å²) in [5.74, 6) is 0.574. The lowest BCUT2D eigenvalue weighted by Crippen LogP contribution is -2.40. The molecule has 2 atom stereocenters. The molecular formula is C13H16ClN3O2. The van der Waals surface area contributed by atoms with Crippen molar-refractivity contribution in [3.8, 4) is 0 Å². The molecule has 1 N–H and O–H groups in total. The fourth-order valence-corrected chi connectivity index (χ4v) is 3.48. The van der Waals surface area contributed by atoms with E-state index in [2.05, 4.69) is 10.2 Å². The van der Waals surface area contributed by atoms with Crippen molar-refractivity contribution in [3.05, 3.63) is 33.3 Å². The number of nitro groups is 1. The van der Waals surface area contributed by atoms with E-state index in [1.54, 1.807) is 12.1 Å². The Morgan fingerprint density at radius 2 is 2.26 bits per heavy atom. The second-order valence-corrected chi connectivity index (χ2v) is 5.64. The summed E-state index contributed by atoms with van der Waals surface area (Å²) in [5.41, 5.74) is 0.677. The van der Waals surface area contributed by atoms with Gasteiger partial charge in [0, 0.05) is 25.2 Å². The zero-order valence-corrected chi connectivity index (χ0v) is 11.3. The van der Waals surface area contributed by atoms with Crippen LogP contribution >= 0.6 is 11.6 Å². The molecule has 0 spiro atoms. The van der Waals surface area contributed by atoms with E-state index in [0.717, 1.165) is 19.6 Å². The third-order valence-electron chi connectivity index (χ3n) is 4.08. The van der Waals surface area contributed by atoms with Gasteiger partial charge >= 0.3 is 0 Å². The van der Waals surface area contributed by atoms with Crippen LogP contribution < -0.4 is 10.2 Å². The minimum absolute atomic E-state index is 0.103. The number of anilines is 1. The van der Waals surface area contributed by atoms with Crippen LogP contribution in [0.3, 0.4) is 0 Å². The van der Waals surface area contributed by atoms with Gasteiger partial charge in [0.2, 0.25) is 0 Å². The zero-order valence-electron chi connectivity index (χ0n) is 10.5. The number of benzene rings is 1. The molecule has 0 saturated carbocycles. The molecule has 3 rings (SSSR count). The Morgan fingerprint density at radius 1 is 1.42 bits per heavy atom. The number of rotatable bonds is 2. The van der Waals surface area contributed by atoms with Crippen molar-refractivity contribution in [1.82, 2.24) is 5.32 Å². The van der Waals surface area contributed by atoms with Crippen LogP contribution in [0.5, 0.6) is 0 Å². The molecule has 0 amide bonds. The van der Waals surface area contributed by atoms with Crippen molar-refractivity contribution < 1.29 is 4.92 Å². The number of hydrogen-bond acceptors (Lipinski definition) is 4. The maximum absolute atomic E-state index is 11.1. The van der Waals surface area contributed by atoms with E-state index in [-0.39, 0.29) is 10.6 Å². The van der Waals surface area contributed by atoms with Crippen LogP contribution in [-0.2, 0) is 0 Å². The molecule has 2 saturated heterocycles. The second-order valence-electron chi connectivity index (χ2n) is 5.23. The van der Waals surface area contributed by atoms with Crippen LogP contribution in [0.2, 0.25) is 5.02 Å². The van der Waals surface area contributed by atoms with Crippen molar-refractivity contribution >= 4 is 23.0 Å². The average molecular weight is 282 g/mol. The highest BCUT2D eigenvalue weighted by atomic mass is 35.5. The number of hydrogen-bond donors (Lipinski definition) is 1. The Morgan fingerprint density at radius 3 is 3.00 bits per heavy atom. The standard InChI is InChI=1S/C13H16ClN3O2/c14-10-4-1-5-12(17(18)19)13(10)16-7-9-3-2-6-15-11(9)8-16/h1,4-5,9,11,15H,2-3,6-8H2. The highest BCUT2D eigenvalue weighted by Gasteiger charge is 2.37. The summed E-state index contributed by atoms with van der Waals surface area (Å²) in [6.45, 7) is 2.69. The van der Waals surface area contributed by atoms with Crippen molar-refractivity contribution in [2.45, 2.75) is 18.9 Å². The molecular weight excluding hydrogens is 266 g/mol. The number of nitrogens with one attached hydrogen (secondary N) is 1. The van der Waals surface area contributed by atoms with Crippen molar-refractivity contribution in [3.63, 3.8) is 0 Å². The van der Waals surface area contributed by atoms with Crippen LogP contribution in [0.15, 0.2) is 18.2 Å². The SMILES string of the molecule is O=[N+]([O-])c1cccc(Cl)c1N1CC2CCCNC2C1. The number of halogens is 1. The number of nitrogens with zero attached hydrogens (tertiary/aromatic N) is 2. The van der Waals surface area contributed by atoms with Gasteiger partial charge in [-0.05, 0) is 31.4 Å². The normalized spacial score (nSPS) is 26.3. The molecule has 19 heavy (non-hydrogen) atoms. The highest BCUT2D eigenvalue weighted by molar-refractivity contribution is 6.33. The summed E-state index contributed by atoms with van der Waals surface area (Å²) in [5, 5.41) is 15.1. The van der Waals surface area contributed by atoms with E-state index in [9.17, 15) is 10.1 Å². The van der Waals surface area contributed by atoms with Gasteiger partial charge in [0.25, 0.3) is 5.69 Å². The summed E-state index contributed by atoms with van der Waals surface area (Å²) in [6, 6.07) is 5.31. The Bertz CT molecular complexity index is 495. The second kappa shape index (κ2) is 4.98. The maximum atomic E-state index is 11.1. The predicted molar refractivity (Wildman–Crippen MR) is 74.8 cm³/mol. The van der Waals surface area contributed by atoms with Gasteiger partial charge in [0.1, 0.15) is 5.69 Å². The largest absolute Gasteiger partial charge is 0.363 e. The fourth-order valence-electron chi connectivity index (χ4n) is 3.19. The monoisotopic (exact) mass is 281 g/mol. The molecule has 5 nitrogen and oxygen atoms in total. The smallest absolute Gasteiger partial charge is 0.294 e. The van der Waals surface area contributed by atoms with E-state index >= 15 is 0 Å². The predicted octanol–water partition coefficient (Wildman–Crippen LogP) is 2.44. The molecule has 2 aliphatic heterocycles. The molecule has 0 bridgehead atoms. The topological polar surface area (TPSA) is 58.4 Å². The Balaban J connectivity index is 1.92. The minimum atomic E-state index is -0.351. The van der Waals surface area contributed by atoms with Gasteiger partial charge in [0.15, 0.2) is 0 Å². The van der Waals surface area contributed by atoms with Crippen molar-refractivity contribution in [2.24, 2.45) is 5.92 Å². The molecule has 2 fully saturated rings. The first kappa shape index (κ1) is 12.7. The third kappa shape index (κ3) is 2.28. The Kier molecular flexibility index (Phi) is 3.33. The van der Waals surface area contributed by atoms with Crippen LogP contribution in [0, 0.1) is 16.0 Å². The summed E-state index contributed by atoms with van der Waals surface area (Å²) in [6.07, 6.45) is 2.37. The summed E-state index contributed by atoms with van der Waals surface area (Å²) in [7, 11) is 0. The lowest BCUT2D eigenvalue weighted by Gasteiger charge is -2.24. The van der Waals surface area contributed by atoms with E-state index in [1.165, 1.54) is 18.9 Å². The first-order chi connectivity index (χ1) is 9.16. The molecule has 0 aromatic heterocycles.